The van der Waals surface area contributed by atoms with Gasteiger partial charge in [-0.2, -0.15) is 5.10 Å². The normalized spacial score (nSPS) is 10.6. The Labute approximate surface area is 94.5 Å². The summed E-state index contributed by atoms with van der Waals surface area (Å²) in [4.78, 5) is 8.37. The number of nitrogens with zero attached hydrogens (tertiary/aromatic N) is 4. The van der Waals surface area contributed by atoms with E-state index in [0.29, 0.717) is 6.54 Å². The van der Waals surface area contributed by atoms with Gasteiger partial charge in [0, 0.05) is 25.5 Å². The Morgan fingerprint density at radius 1 is 1.25 bits per heavy atom. The standard InChI is InChI=1S/C11H15N5/c1-9-3-4-10(6-13-9)5-12-7-11-14-8-15-16(11)2/h3-4,6,8,12H,5,7H2,1-2H3. The van der Waals surface area contributed by atoms with Crippen molar-refractivity contribution in [3.63, 3.8) is 0 Å². The molecule has 0 atom stereocenters. The van der Waals surface area contributed by atoms with Gasteiger partial charge in [0.15, 0.2) is 0 Å². The van der Waals surface area contributed by atoms with Gasteiger partial charge in [0.25, 0.3) is 0 Å². The molecule has 2 aromatic heterocycles. The Bertz CT molecular complexity index is 446. The summed E-state index contributed by atoms with van der Waals surface area (Å²) in [7, 11) is 1.89. The van der Waals surface area contributed by atoms with Gasteiger partial charge in [-0.05, 0) is 18.6 Å². The molecule has 2 heterocycles. The van der Waals surface area contributed by atoms with E-state index in [4.69, 9.17) is 0 Å². The SMILES string of the molecule is Cc1ccc(CNCc2ncnn2C)cn1. The van der Waals surface area contributed by atoms with Crippen molar-refractivity contribution in [2.75, 3.05) is 0 Å². The van der Waals surface area contributed by atoms with Crippen molar-refractivity contribution in [1.82, 2.24) is 25.1 Å². The summed E-state index contributed by atoms with van der Waals surface area (Å²) < 4.78 is 1.76. The number of aromatic nitrogens is 4. The fraction of sp³-hybridized carbons (Fsp3) is 0.364. The number of rotatable bonds is 4. The molecule has 0 bridgehead atoms. The first-order valence-corrected chi connectivity index (χ1v) is 5.21. The van der Waals surface area contributed by atoms with Crippen molar-refractivity contribution >= 4 is 0 Å². The van der Waals surface area contributed by atoms with Crippen molar-refractivity contribution in [2.45, 2.75) is 20.0 Å². The molecule has 0 aliphatic heterocycles. The Morgan fingerprint density at radius 3 is 2.75 bits per heavy atom. The summed E-state index contributed by atoms with van der Waals surface area (Å²) in [6.45, 7) is 3.49. The smallest absolute Gasteiger partial charge is 0.140 e. The van der Waals surface area contributed by atoms with E-state index in [1.54, 1.807) is 11.0 Å². The van der Waals surface area contributed by atoms with Crippen LogP contribution in [-0.4, -0.2) is 19.7 Å². The molecule has 0 unspecified atom stereocenters. The molecule has 1 N–H and O–H groups in total. The van der Waals surface area contributed by atoms with Crippen LogP contribution in [0.1, 0.15) is 17.1 Å². The van der Waals surface area contributed by atoms with Crippen LogP contribution >= 0.6 is 0 Å². The lowest BCUT2D eigenvalue weighted by Gasteiger charge is -2.04. The maximum atomic E-state index is 4.24. The van der Waals surface area contributed by atoms with Crippen molar-refractivity contribution in [3.05, 3.63) is 41.7 Å². The van der Waals surface area contributed by atoms with Crippen LogP contribution in [0.3, 0.4) is 0 Å². The molecule has 84 valence electrons. The topological polar surface area (TPSA) is 55.6 Å². The van der Waals surface area contributed by atoms with Crippen LogP contribution in [0.15, 0.2) is 24.7 Å². The van der Waals surface area contributed by atoms with E-state index in [0.717, 1.165) is 18.1 Å². The third-order valence-electron chi connectivity index (χ3n) is 2.39. The van der Waals surface area contributed by atoms with Gasteiger partial charge in [0.1, 0.15) is 12.2 Å². The second-order valence-electron chi connectivity index (χ2n) is 3.71. The summed E-state index contributed by atoms with van der Waals surface area (Å²) in [6, 6.07) is 4.09. The minimum atomic E-state index is 0.713. The molecule has 0 aliphatic carbocycles. The highest BCUT2D eigenvalue weighted by Crippen LogP contribution is 1.99. The second kappa shape index (κ2) is 4.85. The summed E-state index contributed by atoms with van der Waals surface area (Å²) in [5, 5.41) is 7.31. The van der Waals surface area contributed by atoms with Crippen molar-refractivity contribution in [2.24, 2.45) is 7.05 Å². The van der Waals surface area contributed by atoms with Gasteiger partial charge in [0.05, 0.1) is 6.54 Å². The predicted octanol–water partition coefficient (Wildman–Crippen LogP) is 0.808. The third-order valence-corrected chi connectivity index (χ3v) is 2.39. The summed E-state index contributed by atoms with van der Waals surface area (Å²) in [5.74, 6) is 0.931. The predicted molar refractivity (Wildman–Crippen MR) is 60.5 cm³/mol. The summed E-state index contributed by atoms with van der Waals surface area (Å²) in [5.41, 5.74) is 2.21. The van der Waals surface area contributed by atoms with Gasteiger partial charge in [-0.1, -0.05) is 6.07 Å². The lowest BCUT2D eigenvalue weighted by Crippen LogP contribution is -2.16. The molecular formula is C11H15N5. The average molecular weight is 217 g/mol. The Morgan fingerprint density at radius 2 is 2.12 bits per heavy atom. The third kappa shape index (κ3) is 2.64. The minimum absolute atomic E-state index is 0.713. The van der Waals surface area contributed by atoms with Gasteiger partial charge in [-0.3, -0.25) is 9.67 Å². The minimum Gasteiger partial charge on any atom is -0.306 e. The molecule has 0 spiro atoms. The van der Waals surface area contributed by atoms with Crippen molar-refractivity contribution < 1.29 is 0 Å². The molecule has 2 aromatic rings. The first-order chi connectivity index (χ1) is 7.75. The number of nitrogens with one attached hydrogen (secondary N) is 1. The van der Waals surface area contributed by atoms with Gasteiger partial charge in [0.2, 0.25) is 0 Å². The van der Waals surface area contributed by atoms with Crippen LogP contribution in [0.5, 0.6) is 0 Å². The first-order valence-electron chi connectivity index (χ1n) is 5.21. The largest absolute Gasteiger partial charge is 0.306 e. The molecular weight excluding hydrogens is 202 g/mol. The maximum absolute atomic E-state index is 4.24. The molecule has 0 radical (unpaired) electrons. The summed E-state index contributed by atoms with van der Waals surface area (Å²) >= 11 is 0. The second-order valence-corrected chi connectivity index (χ2v) is 3.71. The average Bonchev–Trinajstić information content (AvgIpc) is 2.68. The van der Waals surface area contributed by atoms with Crippen LogP contribution in [0.25, 0.3) is 0 Å². The Kier molecular flexibility index (Phi) is 3.26. The zero-order chi connectivity index (χ0) is 11.4. The van der Waals surface area contributed by atoms with E-state index in [2.05, 4.69) is 26.4 Å². The van der Waals surface area contributed by atoms with Gasteiger partial charge in [-0.15, -0.1) is 0 Å². The molecule has 0 fully saturated rings. The maximum Gasteiger partial charge on any atom is 0.140 e. The van der Waals surface area contributed by atoms with Crippen LogP contribution in [0, 0.1) is 6.92 Å². The fourth-order valence-electron chi connectivity index (χ4n) is 1.40. The lowest BCUT2D eigenvalue weighted by atomic mass is 10.2. The zero-order valence-electron chi connectivity index (χ0n) is 9.51. The van der Waals surface area contributed by atoms with Gasteiger partial charge in [-0.25, -0.2) is 4.98 Å². The van der Waals surface area contributed by atoms with E-state index in [9.17, 15) is 0 Å². The molecule has 0 amide bonds. The summed E-state index contributed by atoms with van der Waals surface area (Å²) in [6.07, 6.45) is 3.45. The lowest BCUT2D eigenvalue weighted by molar-refractivity contribution is 0.613. The number of hydrogen-bond donors (Lipinski definition) is 1. The van der Waals surface area contributed by atoms with Crippen LogP contribution in [-0.2, 0) is 20.1 Å². The highest BCUT2D eigenvalue weighted by molar-refractivity contribution is 5.12. The molecule has 0 aliphatic rings. The van der Waals surface area contributed by atoms with Crippen LogP contribution in [0.4, 0.5) is 0 Å². The molecule has 0 aromatic carbocycles. The first kappa shape index (κ1) is 10.8. The van der Waals surface area contributed by atoms with E-state index < -0.39 is 0 Å². The van der Waals surface area contributed by atoms with Gasteiger partial charge >= 0.3 is 0 Å². The molecule has 5 heteroatoms. The van der Waals surface area contributed by atoms with Crippen molar-refractivity contribution in [3.8, 4) is 0 Å². The molecule has 0 saturated heterocycles. The zero-order valence-corrected chi connectivity index (χ0v) is 9.51. The number of hydrogen-bond acceptors (Lipinski definition) is 4. The Hall–Kier alpha value is -1.75. The molecule has 16 heavy (non-hydrogen) atoms. The monoisotopic (exact) mass is 217 g/mol. The van der Waals surface area contributed by atoms with Gasteiger partial charge < -0.3 is 5.32 Å². The molecule has 2 rings (SSSR count). The fourth-order valence-corrected chi connectivity index (χ4v) is 1.40. The van der Waals surface area contributed by atoms with E-state index in [1.165, 1.54) is 5.56 Å². The number of pyridine rings is 1. The quantitative estimate of drug-likeness (QED) is 0.823. The van der Waals surface area contributed by atoms with E-state index in [-0.39, 0.29) is 0 Å². The van der Waals surface area contributed by atoms with E-state index in [1.807, 2.05) is 26.2 Å². The molecule has 0 saturated carbocycles. The number of aryl methyl sites for hydroxylation is 2. The molecule has 5 nitrogen and oxygen atoms in total. The van der Waals surface area contributed by atoms with Crippen LogP contribution in [0.2, 0.25) is 0 Å². The highest BCUT2D eigenvalue weighted by Gasteiger charge is 1.99. The Balaban J connectivity index is 1.84. The van der Waals surface area contributed by atoms with Crippen LogP contribution < -0.4 is 5.32 Å². The van der Waals surface area contributed by atoms with E-state index >= 15 is 0 Å². The highest BCUT2D eigenvalue weighted by atomic mass is 15.3. The van der Waals surface area contributed by atoms with Crippen molar-refractivity contribution in [1.29, 1.82) is 0 Å².